The first kappa shape index (κ1) is 14.2. The third kappa shape index (κ3) is 3.33. The molecule has 1 heterocycles. The average Bonchev–Trinajstić information content (AvgIpc) is 2.73. The first-order valence-electron chi connectivity index (χ1n) is 5.58. The van der Waals surface area contributed by atoms with Gasteiger partial charge >= 0.3 is 5.97 Å². The molecule has 1 unspecified atom stereocenters. The maximum absolute atomic E-state index is 11.8. The molecule has 3 N–H and O–H groups in total. The van der Waals surface area contributed by atoms with Gasteiger partial charge in [0, 0.05) is 17.9 Å². The Morgan fingerprint density at radius 3 is 2.44 bits per heavy atom. The summed E-state index contributed by atoms with van der Waals surface area (Å²) < 4.78 is 1.86. The molecule has 0 aliphatic heterocycles. The van der Waals surface area contributed by atoms with E-state index in [1.807, 2.05) is 25.3 Å². The van der Waals surface area contributed by atoms with Crippen LogP contribution >= 0.6 is 0 Å². The van der Waals surface area contributed by atoms with Gasteiger partial charge in [-0.1, -0.05) is 0 Å². The van der Waals surface area contributed by atoms with Crippen LogP contribution in [0.25, 0.3) is 0 Å². The molecule has 1 aromatic rings. The maximum Gasteiger partial charge on any atom is 0.328 e. The van der Waals surface area contributed by atoms with Gasteiger partial charge in [0.05, 0.1) is 12.2 Å². The quantitative estimate of drug-likeness (QED) is 0.726. The summed E-state index contributed by atoms with van der Waals surface area (Å²) in [6.45, 7) is 5.33. The van der Waals surface area contributed by atoms with Gasteiger partial charge < -0.3 is 20.1 Å². The van der Waals surface area contributed by atoms with E-state index in [9.17, 15) is 9.59 Å². The van der Waals surface area contributed by atoms with Crippen molar-refractivity contribution < 1.29 is 19.8 Å². The Hall–Kier alpha value is -1.82. The highest BCUT2D eigenvalue weighted by Crippen LogP contribution is 2.15. The number of rotatable bonds is 4. The van der Waals surface area contributed by atoms with Crippen molar-refractivity contribution in [1.29, 1.82) is 0 Å². The number of carboxylic acids is 1. The summed E-state index contributed by atoms with van der Waals surface area (Å²) in [6, 6.07) is 0.326. The third-order valence-corrected chi connectivity index (χ3v) is 2.52. The van der Waals surface area contributed by atoms with E-state index in [1.54, 1.807) is 18.5 Å². The van der Waals surface area contributed by atoms with Gasteiger partial charge in [-0.25, -0.2) is 4.79 Å². The predicted octanol–water partition coefficient (Wildman–Crippen LogP) is 0.418. The van der Waals surface area contributed by atoms with Crippen LogP contribution in [0.4, 0.5) is 0 Å². The van der Waals surface area contributed by atoms with Gasteiger partial charge in [0.25, 0.3) is 5.91 Å². The first-order chi connectivity index (χ1) is 8.25. The van der Waals surface area contributed by atoms with Gasteiger partial charge in [-0.05, 0) is 26.8 Å². The fraction of sp³-hybridized carbons (Fsp3) is 0.500. The van der Waals surface area contributed by atoms with Gasteiger partial charge in [0.2, 0.25) is 0 Å². The van der Waals surface area contributed by atoms with Crippen LogP contribution in [-0.2, 0) is 10.3 Å². The van der Waals surface area contributed by atoms with Gasteiger partial charge in [0.15, 0.2) is 6.04 Å². The number of hydrogen-bond acceptors (Lipinski definition) is 3. The fourth-order valence-electron chi connectivity index (χ4n) is 1.38. The largest absolute Gasteiger partial charge is 0.480 e. The molecule has 18 heavy (non-hydrogen) atoms. The van der Waals surface area contributed by atoms with E-state index in [2.05, 4.69) is 5.32 Å². The molecule has 0 saturated heterocycles. The van der Waals surface area contributed by atoms with Crippen LogP contribution in [0.15, 0.2) is 18.5 Å². The second kappa shape index (κ2) is 5.22. The number of aliphatic carboxylic acids is 1. The number of hydrogen-bond donors (Lipinski definition) is 3. The summed E-state index contributed by atoms with van der Waals surface area (Å²) in [5.41, 5.74) is 0.214. The number of carbonyl (C=O) groups is 2. The molecule has 0 aliphatic carbocycles. The lowest BCUT2D eigenvalue weighted by Gasteiger charge is -2.20. The molecule has 0 aliphatic rings. The number of aliphatic hydroxyl groups is 1. The molecule has 1 amide bonds. The summed E-state index contributed by atoms with van der Waals surface area (Å²) in [7, 11) is 0. The lowest BCUT2D eigenvalue weighted by atomic mass is 10.1. The van der Waals surface area contributed by atoms with E-state index in [-0.39, 0.29) is 5.54 Å². The number of carbonyl (C=O) groups excluding carboxylic acids is 1. The standard InChI is InChI=1S/C12H18N2O4/c1-12(2,3)14-5-4-8(6-14)10(16)13-9(7-15)11(17)18/h4-6,9,15H,7H2,1-3H3,(H,13,16)(H,17,18). The Balaban J connectivity index is 2.79. The Morgan fingerprint density at radius 1 is 1.44 bits per heavy atom. The zero-order chi connectivity index (χ0) is 13.9. The van der Waals surface area contributed by atoms with Crippen LogP contribution in [0.3, 0.4) is 0 Å². The second-order valence-corrected chi connectivity index (χ2v) is 5.03. The van der Waals surface area contributed by atoms with Crippen LogP contribution < -0.4 is 5.32 Å². The number of amides is 1. The molecule has 6 nitrogen and oxygen atoms in total. The van der Waals surface area contributed by atoms with E-state index >= 15 is 0 Å². The SMILES string of the molecule is CC(C)(C)n1ccc(C(=O)NC(CO)C(=O)O)c1. The zero-order valence-corrected chi connectivity index (χ0v) is 10.7. The number of aliphatic hydroxyl groups excluding tert-OH is 1. The minimum absolute atomic E-state index is 0.151. The molecular weight excluding hydrogens is 236 g/mol. The Kier molecular flexibility index (Phi) is 4.13. The van der Waals surface area contributed by atoms with Crippen LogP contribution in [0.1, 0.15) is 31.1 Å². The molecule has 0 aromatic carbocycles. The monoisotopic (exact) mass is 254 g/mol. The van der Waals surface area contributed by atoms with Crippen molar-refractivity contribution >= 4 is 11.9 Å². The molecule has 0 spiro atoms. The zero-order valence-electron chi connectivity index (χ0n) is 10.7. The maximum atomic E-state index is 11.8. The van der Waals surface area contributed by atoms with Crippen molar-refractivity contribution in [2.75, 3.05) is 6.61 Å². The molecular formula is C12H18N2O4. The van der Waals surface area contributed by atoms with Crippen LogP contribution in [-0.4, -0.2) is 39.3 Å². The van der Waals surface area contributed by atoms with Gasteiger partial charge in [-0.2, -0.15) is 0 Å². The summed E-state index contributed by atoms with van der Waals surface area (Å²) in [4.78, 5) is 22.4. The van der Waals surface area contributed by atoms with E-state index in [0.29, 0.717) is 5.56 Å². The Bertz CT molecular complexity index is 445. The topological polar surface area (TPSA) is 91.6 Å². The number of nitrogens with zero attached hydrogens (tertiary/aromatic N) is 1. The van der Waals surface area contributed by atoms with Crippen molar-refractivity contribution in [3.63, 3.8) is 0 Å². The van der Waals surface area contributed by atoms with E-state index < -0.39 is 24.5 Å². The molecule has 100 valence electrons. The smallest absolute Gasteiger partial charge is 0.328 e. The highest BCUT2D eigenvalue weighted by atomic mass is 16.4. The van der Waals surface area contributed by atoms with Crippen molar-refractivity contribution in [3.05, 3.63) is 24.0 Å². The first-order valence-corrected chi connectivity index (χ1v) is 5.58. The lowest BCUT2D eigenvalue weighted by Crippen LogP contribution is -2.43. The molecule has 0 fully saturated rings. The summed E-state index contributed by atoms with van der Waals surface area (Å²) in [5, 5.41) is 19.8. The fourth-order valence-corrected chi connectivity index (χ4v) is 1.38. The van der Waals surface area contributed by atoms with E-state index in [1.165, 1.54) is 0 Å². The predicted molar refractivity (Wildman–Crippen MR) is 65.4 cm³/mol. The molecule has 1 atom stereocenters. The van der Waals surface area contributed by atoms with E-state index in [0.717, 1.165) is 0 Å². The molecule has 0 bridgehead atoms. The highest BCUT2D eigenvalue weighted by molar-refractivity contribution is 5.96. The summed E-state index contributed by atoms with van der Waals surface area (Å²) >= 11 is 0. The lowest BCUT2D eigenvalue weighted by molar-refractivity contribution is -0.140. The summed E-state index contributed by atoms with van der Waals surface area (Å²) in [6.07, 6.45) is 3.40. The molecule has 0 saturated carbocycles. The number of nitrogens with one attached hydrogen (secondary N) is 1. The van der Waals surface area contributed by atoms with Crippen LogP contribution in [0.5, 0.6) is 0 Å². The van der Waals surface area contributed by atoms with Crippen molar-refractivity contribution in [1.82, 2.24) is 9.88 Å². The normalized spacial score (nSPS) is 13.1. The minimum Gasteiger partial charge on any atom is -0.480 e. The van der Waals surface area contributed by atoms with Crippen LogP contribution in [0, 0.1) is 0 Å². The highest BCUT2D eigenvalue weighted by Gasteiger charge is 2.21. The van der Waals surface area contributed by atoms with Crippen molar-refractivity contribution in [2.24, 2.45) is 0 Å². The molecule has 0 radical (unpaired) electrons. The van der Waals surface area contributed by atoms with Gasteiger partial charge in [0.1, 0.15) is 0 Å². The Labute approximate surface area is 105 Å². The third-order valence-electron chi connectivity index (χ3n) is 2.52. The molecule has 1 aromatic heterocycles. The summed E-state index contributed by atoms with van der Waals surface area (Å²) in [5.74, 6) is -1.78. The van der Waals surface area contributed by atoms with Crippen molar-refractivity contribution in [3.8, 4) is 0 Å². The van der Waals surface area contributed by atoms with Gasteiger partial charge in [-0.15, -0.1) is 0 Å². The molecule has 1 rings (SSSR count). The van der Waals surface area contributed by atoms with Gasteiger partial charge in [-0.3, -0.25) is 4.79 Å². The average molecular weight is 254 g/mol. The van der Waals surface area contributed by atoms with E-state index in [4.69, 9.17) is 10.2 Å². The second-order valence-electron chi connectivity index (χ2n) is 5.03. The van der Waals surface area contributed by atoms with Crippen LogP contribution in [0.2, 0.25) is 0 Å². The van der Waals surface area contributed by atoms with Crippen molar-refractivity contribution in [2.45, 2.75) is 32.4 Å². The molecule has 6 heteroatoms. The minimum atomic E-state index is -1.28. The Morgan fingerprint density at radius 2 is 2.06 bits per heavy atom. The number of carboxylic acid groups (broad SMARTS) is 1. The number of aromatic nitrogens is 1.